The number of hydrogen-bond donors (Lipinski definition) is 1. The molecule has 1 fully saturated rings. The highest BCUT2D eigenvalue weighted by Gasteiger charge is 2.43. The van der Waals surface area contributed by atoms with Gasteiger partial charge in [-0.15, -0.1) is 11.3 Å². The van der Waals surface area contributed by atoms with Gasteiger partial charge in [0.15, 0.2) is 0 Å². The molecule has 1 unspecified atom stereocenters. The van der Waals surface area contributed by atoms with Crippen LogP contribution >= 0.6 is 38.9 Å². The van der Waals surface area contributed by atoms with Crippen molar-refractivity contribution in [3.63, 3.8) is 0 Å². The first-order valence-corrected chi connectivity index (χ1v) is 9.05. The van der Waals surface area contributed by atoms with Crippen molar-refractivity contribution < 1.29 is 5.11 Å². The van der Waals surface area contributed by atoms with Gasteiger partial charge in [0.2, 0.25) is 0 Å². The Bertz CT molecular complexity index is 483. The highest BCUT2D eigenvalue weighted by molar-refractivity contribution is 9.10. The lowest BCUT2D eigenvalue weighted by atomic mass is 9.67. The zero-order chi connectivity index (χ0) is 14.8. The van der Waals surface area contributed by atoms with Gasteiger partial charge in [-0.2, -0.15) is 5.26 Å². The van der Waals surface area contributed by atoms with E-state index < -0.39 is 11.5 Å². The third kappa shape index (κ3) is 3.22. The van der Waals surface area contributed by atoms with Gasteiger partial charge in [0.05, 0.1) is 11.5 Å². The van der Waals surface area contributed by atoms with Gasteiger partial charge in [-0.25, -0.2) is 0 Å². The van der Waals surface area contributed by atoms with Crippen LogP contribution in [0.15, 0.2) is 10.5 Å². The lowest BCUT2D eigenvalue weighted by molar-refractivity contribution is 0.0261. The Balaban J connectivity index is 2.14. The van der Waals surface area contributed by atoms with Crippen molar-refractivity contribution in [1.82, 2.24) is 0 Å². The minimum Gasteiger partial charge on any atom is -0.386 e. The third-order valence-electron chi connectivity index (χ3n) is 4.37. The lowest BCUT2D eigenvalue weighted by Gasteiger charge is -2.37. The van der Waals surface area contributed by atoms with Crippen molar-refractivity contribution in [2.24, 2.45) is 11.3 Å². The second-order valence-electron chi connectivity index (χ2n) is 5.67. The molecule has 1 N–H and O–H groups in total. The van der Waals surface area contributed by atoms with E-state index >= 15 is 0 Å². The summed E-state index contributed by atoms with van der Waals surface area (Å²) in [5.41, 5.74) is -0.641. The Labute approximate surface area is 137 Å². The fourth-order valence-electron chi connectivity index (χ4n) is 3.11. The molecule has 110 valence electrons. The average Bonchev–Trinajstić information content (AvgIpc) is 2.79. The summed E-state index contributed by atoms with van der Waals surface area (Å²) in [6.45, 7) is 2.20. The predicted octanol–water partition coefficient (Wildman–Crippen LogP) is 5.70. The minimum absolute atomic E-state index is 0.631. The Morgan fingerprint density at radius 3 is 2.70 bits per heavy atom. The Hall–Kier alpha value is -0.0800. The summed E-state index contributed by atoms with van der Waals surface area (Å²) in [5.74, 6) is 0.715. The number of aliphatic hydroxyl groups excluding tert-OH is 1. The van der Waals surface area contributed by atoms with Gasteiger partial charge in [-0.3, -0.25) is 0 Å². The van der Waals surface area contributed by atoms with Crippen molar-refractivity contribution in [2.75, 3.05) is 0 Å². The number of halogens is 2. The van der Waals surface area contributed by atoms with Crippen LogP contribution in [0.3, 0.4) is 0 Å². The molecule has 20 heavy (non-hydrogen) atoms. The smallest absolute Gasteiger partial charge is 0.107 e. The summed E-state index contributed by atoms with van der Waals surface area (Å²) in [5, 5.41) is 20.3. The van der Waals surface area contributed by atoms with Crippen LogP contribution in [0.2, 0.25) is 4.34 Å². The molecule has 1 aromatic heterocycles. The minimum atomic E-state index is -0.733. The average molecular weight is 377 g/mol. The maximum Gasteiger partial charge on any atom is 0.107 e. The van der Waals surface area contributed by atoms with Crippen LogP contribution in [-0.4, -0.2) is 5.11 Å². The number of thiophene rings is 1. The molecule has 0 amide bonds. The predicted molar refractivity (Wildman–Crippen MR) is 86.9 cm³/mol. The Morgan fingerprint density at radius 2 is 2.25 bits per heavy atom. The van der Waals surface area contributed by atoms with E-state index in [0.717, 1.165) is 35.0 Å². The molecule has 1 aliphatic rings. The van der Waals surface area contributed by atoms with Gasteiger partial charge in [0.25, 0.3) is 0 Å². The maximum atomic E-state index is 10.7. The first kappa shape index (κ1) is 16.3. The van der Waals surface area contributed by atoms with Crippen LogP contribution in [0.25, 0.3) is 0 Å². The molecule has 1 aliphatic carbocycles. The van der Waals surface area contributed by atoms with Gasteiger partial charge >= 0.3 is 0 Å². The number of rotatable bonds is 4. The Kier molecular flexibility index (Phi) is 5.53. The first-order valence-electron chi connectivity index (χ1n) is 7.06. The molecule has 0 radical (unpaired) electrons. The maximum absolute atomic E-state index is 10.7. The number of aliphatic hydroxyl groups is 1. The van der Waals surface area contributed by atoms with Crippen molar-refractivity contribution >= 4 is 38.9 Å². The highest BCUT2D eigenvalue weighted by Crippen LogP contribution is 2.50. The van der Waals surface area contributed by atoms with Gasteiger partial charge < -0.3 is 5.11 Å². The molecular formula is C15H19BrClNOS. The fourth-order valence-corrected chi connectivity index (χ4v) is 4.95. The quantitative estimate of drug-likeness (QED) is 0.732. The number of hydrogen-bond acceptors (Lipinski definition) is 3. The standard InChI is InChI=1S/C15H19BrClNOS/c1-2-3-10-4-6-15(9-18,7-5-10)13(19)12-8-11(16)14(17)20-12/h8,10,13,19H,2-7H2,1H3. The van der Waals surface area contributed by atoms with Crippen LogP contribution < -0.4 is 0 Å². The van der Waals surface area contributed by atoms with Crippen LogP contribution in [-0.2, 0) is 0 Å². The molecule has 5 heteroatoms. The molecule has 1 saturated carbocycles. The molecule has 2 nitrogen and oxygen atoms in total. The van der Waals surface area contributed by atoms with Crippen molar-refractivity contribution in [1.29, 1.82) is 5.26 Å². The fraction of sp³-hybridized carbons (Fsp3) is 0.667. The Morgan fingerprint density at radius 1 is 1.60 bits per heavy atom. The zero-order valence-electron chi connectivity index (χ0n) is 11.5. The molecule has 2 rings (SSSR count). The van der Waals surface area contributed by atoms with Crippen molar-refractivity contribution in [2.45, 2.75) is 51.6 Å². The summed E-state index contributed by atoms with van der Waals surface area (Å²) in [7, 11) is 0. The molecule has 0 aromatic carbocycles. The summed E-state index contributed by atoms with van der Waals surface area (Å²) < 4.78 is 1.43. The van der Waals surface area contributed by atoms with Crippen molar-refractivity contribution in [3.05, 3.63) is 19.8 Å². The zero-order valence-corrected chi connectivity index (χ0v) is 14.7. The summed E-state index contributed by atoms with van der Waals surface area (Å²) in [6.07, 6.45) is 5.33. The highest BCUT2D eigenvalue weighted by atomic mass is 79.9. The molecule has 0 saturated heterocycles. The van der Waals surface area contributed by atoms with E-state index in [4.69, 9.17) is 11.6 Å². The van der Waals surface area contributed by atoms with E-state index in [-0.39, 0.29) is 0 Å². The number of nitrogens with zero attached hydrogens (tertiary/aromatic N) is 1. The van der Waals surface area contributed by atoms with Gasteiger partial charge in [-0.05, 0) is 53.6 Å². The molecule has 1 atom stereocenters. The summed E-state index contributed by atoms with van der Waals surface area (Å²) >= 11 is 10.8. The second-order valence-corrected chi connectivity index (χ2v) is 8.21. The van der Waals surface area contributed by atoms with Gasteiger partial charge in [0.1, 0.15) is 10.4 Å². The monoisotopic (exact) mass is 375 g/mol. The molecule has 0 bridgehead atoms. The van der Waals surface area contributed by atoms with Crippen LogP contribution in [0.5, 0.6) is 0 Å². The molecule has 0 spiro atoms. The normalized spacial score (nSPS) is 28.1. The van der Waals surface area contributed by atoms with Crippen LogP contribution in [0, 0.1) is 22.7 Å². The van der Waals surface area contributed by atoms with E-state index in [0.29, 0.717) is 10.3 Å². The number of nitriles is 1. The first-order chi connectivity index (χ1) is 9.52. The largest absolute Gasteiger partial charge is 0.386 e. The molecular weight excluding hydrogens is 358 g/mol. The lowest BCUT2D eigenvalue weighted by Crippen LogP contribution is -2.32. The second kappa shape index (κ2) is 6.79. The van der Waals surface area contributed by atoms with E-state index in [1.165, 1.54) is 24.2 Å². The SMILES string of the molecule is CCCC1CCC(C#N)(C(O)c2cc(Br)c(Cl)s2)CC1. The van der Waals surface area contributed by atoms with Crippen molar-refractivity contribution in [3.8, 4) is 6.07 Å². The van der Waals surface area contributed by atoms with Crippen LogP contribution in [0.4, 0.5) is 0 Å². The van der Waals surface area contributed by atoms with E-state index in [9.17, 15) is 10.4 Å². The van der Waals surface area contributed by atoms with E-state index in [2.05, 4.69) is 28.9 Å². The molecule has 0 aliphatic heterocycles. The van der Waals surface area contributed by atoms with Crippen LogP contribution in [0.1, 0.15) is 56.4 Å². The third-order valence-corrected chi connectivity index (χ3v) is 6.90. The summed E-state index contributed by atoms with van der Waals surface area (Å²) in [4.78, 5) is 0.789. The van der Waals surface area contributed by atoms with Gasteiger partial charge in [0, 0.05) is 9.35 Å². The van der Waals surface area contributed by atoms with Gasteiger partial charge in [-0.1, -0.05) is 31.4 Å². The molecule has 1 aromatic rings. The summed E-state index contributed by atoms with van der Waals surface area (Å²) in [6, 6.07) is 4.25. The molecule has 1 heterocycles. The van der Waals surface area contributed by atoms with E-state index in [1.54, 1.807) is 0 Å². The van der Waals surface area contributed by atoms with E-state index in [1.807, 2.05) is 6.07 Å². The topological polar surface area (TPSA) is 44.0 Å².